The van der Waals surface area contributed by atoms with Gasteiger partial charge in [-0.05, 0) is 39.0 Å². The van der Waals surface area contributed by atoms with Crippen LogP contribution in [0.5, 0.6) is 0 Å². The molecule has 0 radical (unpaired) electrons. The van der Waals surface area contributed by atoms with Crippen molar-refractivity contribution in [1.82, 2.24) is 5.32 Å². The third-order valence-electron chi connectivity index (χ3n) is 4.31. The third-order valence-corrected chi connectivity index (χ3v) is 4.31. The minimum Gasteiger partial charge on any atom is -0.369 e. The molecule has 15 heavy (non-hydrogen) atoms. The van der Waals surface area contributed by atoms with Crippen LogP contribution in [0.2, 0.25) is 0 Å². The maximum Gasteiger partial charge on any atom is 0.0810 e. The fourth-order valence-corrected chi connectivity index (χ4v) is 2.90. The smallest absolute Gasteiger partial charge is 0.0810 e. The summed E-state index contributed by atoms with van der Waals surface area (Å²) in [6.07, 6.45) is 6.92. The minimum absolute atomic E-state index is 0.163. The van der Waals surface area contributed by atoms with E-state index in [4.69, 9.17) is 4.74 Å². The molecule has 1 saturated heterocycles. The van der Waals surface area contributed by atoms with Gasteiger partial charge in [0.05, 0.1) is 11.7 Å². The summed E-state index contributed by atoms with van der Waals surface area (Å²) in [5, 5.41) is 3.61. The first-order valence-electron chi connectivity index (χ1n) is 6.52. The van der Waals surface area contributed by atoms with E-state index in [0.717, 1.165) is 12.5 Å². The molecule has 2 aliphatic rings. The average molecular weight is 211 g/mol. The van der Waals surface area contributed by atoms with Crippen molar-refractivity contribution in [3.8, 4) is 0 Å². The fraction of sp³-hybridized carbons (Fsp3) is 1.00. The second kappa shape index (κ2) is 4.42. The Hall–Kier alpha value is -0.0800. The number of rotatable bonds is 0. The van der Waals surface area contributed by atoms with Crippen molar-refractivity contribution < 1.29 is 4.74 Å². The predicted octanol–water partition coefficient (Wildman–Crippen LogP) is 2.72. The molecule has 4 unspecified atom stereocenters. The van der Waals surface area contributed by atoms with Crippen molar-refractivity contribution in [1.29, 1.82) is 0 Å². The van der Waals surface area contributed by atoms with Crippen molar-refractivity contribution in [3.05, 3.63) is 0 Å². The van der Waals surface area contributed by atoms with Gasteiger partial charge >= 0.3 is 0 Å². The Balaban J connectivity index is 2.00. The summed E-state index contributed by atoms with van der Waals surface area (Å²) in [5.74, 6) is 0.891. The van der Waals surface area contributed by atoms with Gasteiger partial charge in [0.2, 0.25) is 0 Å². The van der Waals surface area contributed by atoms with E-state index in [2.05, 4.69) is 26.1 Å². The molecular weight excluding hydrogens is 186 g/mol. The molecule has 2 heteroatoms. The lowest BCUT2D eigenvalue weighted by molar-refractivity contribution is -0.132. The van der Waals surface area contributed by atoms with Crippen LogP contribution in [0.15, 0.2) is 0 Å². The van der Waals surface area contributed by atoms with E-state index < -0.39 is 0 Å². The van der Waals surface area contributed by atoms with Crippen LogP contribution in [0.4, 0.5) is 0 Å². The first-order chi connectivity index (χ1) is 7.11. The van der Waals surface area contributed by atoms with Crippen LogP contribution in [-0.2, 0) is 4.74 Å². The molecule has 2 rings (SSSR count). The van der Waals surface area contributed by atoms with Gasteiger partial charge in [-0.3, -0.25) is 0 Å². The number of hydrogen-bond acceptors (Lipinski definition) is 2. The molecule has 4 atom stereocenters. The summed E-state index contributed by atoms with van der Waals surface area (Å²) in [4.78, 5) is 0. The van der Waals surface area contributed by atoms with Gasteiger partial charge in [-0.15, -0.1) is 0 Å². The molecule has 1 aliphatic heterocycles. The van der Waals surface area contributed by atoms with Gasteiger partial charge in [0, 0.05) is 12.6 Å². The fourth-order valence-electron chi connectivity index (χ4n) is 2.90. The van der Waals surface area contributed by atoms with E-state index in [-0.39, 0.29) is 5.60 Å². The molecule has 2 fully saturated rings. The summed E-state index contributed by atoms with van der Waals surface area (Å²) < 4.78 is 6.29. The molecule has 1 heterocycles. The third kappa shape index (κ3) is 2.54. The van der Waals surface area contributed by atoms with Crippen molar-refractivity contribution in [2.24, 2.45) is 5.92 Å². The molecule has 0 aromatic carbocycles. The lowest BCUT2D eigenvalue weighted by Gasteiger charge is -2.43. The van der Waals surface area contributed by atoms with E-state index in [9.17, 15) is 0 Å². The first kappa shape index (κ1) is 11.4. The predicted molar refractivity (Wildman–Crippen MR) is 63.0 cm³/mol. The highest BCUT2D eigenvalue weighted by molar-refractivity contribution is 4.93. The van der Waals surface area contributed by atoms with Crippen LogP contribution < -0.4 is 5.32 Å². The average Bonchev–Trinajstić information content (AvgIpc) is 2.37. The molecule has 88 valence electrons. The monoisotopic (exact) mass is 211 g/mol. The number of ether oxygens (including phenoxy) is 1. The summed E-state index contributed by atoms with van der Waals surface area (Å²) in [7, 11) is 0. The molecule has 1 spiro atoms. The number of nitrogens with one attached hydrogen (secondary N) is 1. The summed E-state index contributed by atoms with van der Waals surface area (Å²) in [5.41, 5.74) is 0.163. The molecule has 0 amide bonds. The zero-order valence-corrected chi connectivity index (χ0v) is 10.4. The molecule has 0 bridgehead atoms. The van der Waals surface area contributed by atoms with Gasteiger partial charge in [0.25, 0.3) is 0 Å². The maximum atomic E-state index is 6.29. The van der Waals surface area contributed by atoms with Gasteiger partial charge in [-0.2, -0.15) is 0 Å². The highest BCUT2D eigenvalue weighted by Gasteiger charge is 2.39. The van der Waals surface area contributed by atoms with Crippen LogP contribution in [0.1, 0.15) is 52.9 Å². The van der Waals surface area contributed by atoms with Crippen molar-refractivity contribution >= 4 is 0 Å². The molecule has 1 aliphatic carbocycles. The van der Waals surface area contributed by atoms with Crippen LogP contribution in [0.3, 0.4) is 0 Å². The van der Waals surface area contributed by atoms with Crippen molar-refractivity contribution in [2.45, 2.75) is 70.6 Å². The van der Waals surface area contributed by atoms with Gasteiger partial charge < -0.3 is 10.1 Å². The van der Waals surface area contributed by atoms with Crippen LogP contribution >= 0.6 is 0 Å². The Morgan fingerprint density at radius 2 is 1.93 bits per heavy atom. The van der Waals surface area contributed by atoms with Crippen LogP contribution in [-0.4, -0.2) is 24.3 Å². The summed E-state index contributed by atoms with van der Waals surface area (Å²) in [6, 6.07) is 0.510. The van der Waals surface area contributed by atoms with E-state index in [1.807, 2.05) is 0 Å². The Bertz CT molecular complexity index is 215. The largest absolute Gasteiger partial charge is 0.369 e. The van der Waals surface area contributed by atoms with E-state index in [0.29, 0.717) is 12.1 Å². The molecule has 0 aromatic rings. The van der Waals surface area contributed by atoms with E-state index in [1.54, 1.807) is 0 Å². The Morgan fingerprint density at radius 3 is 2.67 bits per heavy atom. The lowest BCUT2D eigenvalue weighted by atomic mass is 9.90. The normalized spacial score (nSPS) is 47.8. The van der Waals surface area contributed by atoms with E-state index >= 15 is 0 Å². The number of morpholine rings is 1. The summed E-state index contributed by atoms with van der Waals surface area (Å²) >= 11 is 0. The van der Waals surface area contributed by atoms with Crippen LogP contribution in [0, 0.1) is 5.92 Å². The second-order valence-electron chi connectivity index (χ2n) is 5.71. The SMILES string of the molecule is CC1CCCC2(CC1)CNC(C)C(C)O2. The zero-order chi connectivity index (χ0) is 10.9. The van der Waals surface area contributed by atoms with Gasteiger partial charge in [0.1, 0.15) is 0 Å². The van der Waals surface area contributed by atoms with Gasteiger partial charge in [0.15, 0.2) is 0 Å². The molecule has 1 saturated carbocycles. The van der Waals surface area contributed by atoms with Gasteiger partial charge in [-0.1, -0.05) is 19.8 Å². The van der Waals surface area contributed by atoms with Gasteiger partial charge in [-0.25, -0.2) is 0 Å². The number of hydrogen-bond donors (Lipinski definition) is 1. The summed E-state index contributed by atoms with van der Waals surface area (Å²) in [6.45, 7) is 7.86. The van der Waals surface area contributed by atoms with E-state index in [1.165, 1.54) is 32.1 Å². The molecule has 1 N–H and O–H groups in total. The van der Waals surface area contributed by atoms with Crippen molar-refractivity contribution in [3.63, 3.8) is 0 Å². The first-order valence-corrected chi connectivity index (χ1v) is 6.52. The standard InChI is InChI=1S/C13H25NO/c1-10-5-4-7-13(8-6-10)9-14-11(2)12(3)15-13/h10-12,14H,4-9H2,1-3H3. The maximum absolute atomic E-state index is 6.29. The quantitative estimate of drug-likeness (QED) is 0.665. The molecule has 2 nitrogen and oxygen atoms in total. The Labute approximate surface area is 93.8 Å². The highest BCUT2D eigenvalue weighted by Crippen LogP contribution is 2.35. The Kier molecular flexibility index (Phi) is 3.36. The Morgan fingerprint density at radius 1 is 1.13 bits per heavy atom. The zero-order valence-electron chi connectivity index (χ0n) is 10.4. The lowest BCUT2D eigenvalue weighted by Crippen LogP contribution is -2.57. The molecular formula is C13H25NO. The highest BCUT2D eigenvalue weighted by atomic mass is 16.5. The molecule has 0 aromatic heterocycles. The minimum atomic E-state index is 0.163. The second-order valence-corrected chi connectivity index (χ2v) is 5.71. The van der Waals surface area contributed by atoms with Crippen LogP contribution in [0.25, 0.3) is 0 Å². The van der Waals surface area contributed by atoms with Crippen molar-refractivity contribution in [2.75, 3.05) is 6.54 Å². The topological polar surface area (TPSA) is 21.3 Å².